The number of nitrogens with zero attached hydrogens (tertiary/aromatic N) is 5. The highest BCUT2D eigenvalue weighted by Crippen LogP contribution is 2.24. The molecule has 0 aliphatic carbocycles. The molecule has 1 aliphatic heterocycles. The molecule has 5 nitrogen and oxygen atoms in total. The van der Waals surface area contributed by atoms with Gasteiger partial charge in [0.1, 0.15) is 0 Å². The van der Waals surface area contributed by atoms with E-state index in [0.29, 0.717) is 0 Å². The molecule has 0 N–H and O–H groups in total. The van der Waals surface area contributed by atoms with Crippen LogP contribution in [0.4, 0.5) is 0 Å². The van der Waals surface area contributed by atoms with Gasteiger partial charge in [0.15, 0.2) is 0 Å². The van der Waals surface area contributed by atoms with E-state index in [-0.39, 0.29) is 0 Å². The molecule has 0 spiro atoms. The van der Waals surface area contributed by atoms with Crippen LogP contribution in [0.2, 0.25) is 0 Å². The highest BCUT2D eigenvalue weighted by molar-refractivity contribution is 5.52. The molecule has 1 fully saturated rings. The Balaban J connectivity index is 1.40. The Bertz CT molecular complexity index is 803. The lowest BCUT2D eigenvalue weighted by molar-refractivity contribution is 0.265. The smallest absolute Gasteiger partial charge is 0.0666 e. The summed E-state index contributed by atoms with van der Waals surface area (Å²) in [6.07, 6.45) is 12.9. The Morgan fingerprint density at radius 2 is 2.08 bits per heavy atom. The second kappa shape index (κ2) is 6.77. The summed E-state index contributed by atoms with van der Waals surface area (Å²) in [6, 6.07) is 6.40. The van der Waals surface area contributed by atoms with Gasteiger partial charge in [-0.15, -0.1) is 0 Å². The molecule has 0 saturated carbocycles. The van der Waals surface area contributed by atoms with E-state index in [1.54, 1.807) is 0 Å². The molecule has 3 aromatic rings. The van der Waals surface area contributed by atoms with E-state index in [1.165, 1.54) is 49.3 Å². The minimum atomic E-state index is 0.732. The van der Waals surface area contributed by atoms with Crippen molar-refractivity contribution >= 4 is 5.52 Å². The predicted octanol–water partition coefficient (Wildman–Crippen LogP) is 2.91. The van der Waals surface area contributed by atoms with Crippen LogP contribution in [-0.2, 0) is 20.0 Å². The second-order valence-corrected chi connectivity index (χ2v) is 6.90. The van der Waals surface area contributed by atoms with E-state index >= 15 is 0 Å². The van der Waals surface area contributed by atoms with Crippen LogP contribution in [0.3, 0.4) is 0 Å². The lowest BCUT2D eigenvalue weighted by atomic mass is 9.95. The van der Waals surface area contributed by atoms with E-state index in [2.05, 4.69) is 43.8 Å². The van der Waals surface area contributed by atoms with E-state index in [4.69, 9.17) is 0 Å². The first-order valence-electron chi connectivity index (χ1n) is 8.89. The van der Waals surface area contributed by atoms with Gasteiger partial charge in [-0.25, -0.2) is 0 Å². The van der Waals surface area contributed by atoms with E-state index in [1.807, 2.05) is 30.3 Å². The maximum atomic E-state index is 4.65. The van der Waals surface area contributed by atoms with Crippen LogP contribution in [0.1, 0.15) is 30.7 Å². The van der Waals surface area contributed by atoms with Crippen LogP contribution in [0, 0.1) is 5.92 Å². The summed E-state index contributed by atoms with van der Waals surface area (Å²) in [4.78, 5) is 7.22. The number of aromatic nitrogens is 4. The minimum Gasteiger partial charge on any atom is -0.321 e. The zero-order valence-electron chi connectivity index (χ0n) is 14.3. The molecule has 0 unspecified atom stereocenters. The Morgan fingerprint density at radius 1 is 1.12 bits per heavy atom. The van der Waals surface area contributed by atoms with Crippen molar-refractivity contribution in [3.63, 3.8) is 0 Å². The van der Waals surface area contributed by atoms with Gasteiger partial charge in [0.2, 0.25) is 0 Å². The Hall–Kier alpha value is -2.14. The van der Waals surface area contributed by atoms with Gasteiger partial charge in [0.25, 0.3) is 0 Å². The van der Waals surface area contributed by atoms with E-state index in [9.17, 15) is 0 Å². The van der Waals surface area contributed by atoms with Crippen LogP contribution in [0.5, 0.6) is 0 Å². The summed E-state index contributed by atoms with van der Waals surface area (Å²) in [7, 11) is 2.03. The normalized spacial score (nSPS) is 19.6. The van der Waals surface area contributed by atoms with Crippen molar-refractivity contribution in [1.82, 2.24) is 24.1 Å². The van der Waals surface area contributed by atoms with Gasteiger partial charge >= 0.3 is 0 Å². The van der Waals surface area contributed by atoms with Crippen molar-refractivity contribution in [2.45, 2.75) is 32.2 Å². The van der Waals surface area contributed by atoms with Gasteiger partial charge in [-0.3, -0.25) is 14.6 Å². The predicted molar refractivity (Wildman–Crippen MR) is 94.7 cm³/mol. The fraction of sp³-hybridized carbons (Fsp3) is 0.474. The van der Waals surface area contributed by atoms with Crippen LogP contribution in [0.15, 0.2) is 43.0 Å². The van der Waals surface area contributed by atoms with Gasteiger partial charge in [0.05, 0.1) is 16.9 Å². The van der Waals surface area contributed by atoms with Crippen molar-refractivity contribution in [2.24, 2.45) is 13.0 Å². The van der Waals surface area contributed by atoms with Crippen LogP contribution in [0.25, 0.3) is 5.52 Å². The third-order valence-corrected chi connectivity index (χ3v) is 5.26. The molecule has 0 aromatic carbocycles. The molecule has 0 radical (unpaired) electrons. The summed E-state index contributed by atoms with van der Waals surface area (Å²) in [5.41, 5.74) is 3.80. The van der Waals surface area contributed by atoms with E-state index < -0.39 is 0 Å². The van der Waals surface area contributed by atoms with Gasteiger partial charge < -0.3 is 4.40 Å². The van der Waals surface area contributed by atoms with Crippen molar-refractivity contribution < 1.29 is 0 Å². The molecule has 0 amide bonds. The minimum absolute atomic E-state index is 0.732. The highest BCUT2D eigenvalue weighted by Gasteiger charge is 2.19. The number of hydrogen-bond donors (Lipinski definition) is 0. The molecule has 24 heavy (non-hydrogen) atoms. The quantitative estimate of drug-likeness (QED) is 0.741. The number of likely N-dealkylation sites (tertiary alicyclic amines) is 1. The van der Waals surface area contributed by atoms with Crippen LogP contribution < -0.4 is 0 Å². The highest BCUT2D eigenvalue weighted by atomic mass is 15.3. The third-order valence-electron chi connectivity index (χ3n) is 5.26. The fourth-order valence-corrected chi connectivity index (χ4v) is 3.83. The molecule has 4 rings (SSSR count). The molecule has 5 heteroatoms. The SMILES string of the molecule is Cn1nccc1CN1CCC[C@@H](Cc2nccn3cccc23)CC1. The largest absolute Gasteiger partial charge is 0.321 e. The summed E-state index contributed by atoms with van der Waals surface area (Å²) < 4.78 is 4.16. The lowest BCUT2D eigenvalue weighted by Crippen LogP contribution is -2.25. The van der Waals surface area contributed by atoms with Crippen molar-refractivity contribution in [1.29, 1.82) is 0 Å². The summed E-state index contributed by atoms with van der Waals surface area (Å²) >= 11 is 0. The fourth-order valence-electron chi connectivity index (χ4n) is 3.83. The molecule has 126 valence electrons. The summed E-state index contributed by atoms with van der Waals surface area (Å²) in [6.45, 7) is 3.36. The molecule has 1 saturated heterocycles. The molecule has 1 atom stereocenters. The summed E-state index contributed by atoms with van der Waals surface area (Å²) in [5.74, 6) is 0.732. The number of aryl methyl sites for hydroxylation is 1. The Kier molecular flexibility index (Phi) is 4.34. The average Bonchev–Trinajstić information content (AvgIpc) is 3.15. The number of rotatable bonds is 4. The zero-order valence-corrected chi connectivity index (χ0v) is 14.3. The van der Waals surface area contributed by atoms with Crippen molar-refractivity contribution in [3.8, 4) is 0 Å². The molecule has 3 aromatic heterocycles. The zero-order chi connectivity index (χ0) is 16.4. The van der Waals surface area contributed by atoms with Crippen LogP contribution >= 0.6 is 0 Å². The maximum absolute atomic E-state index is 4.65. The Labute approximate surface area is 142 Å². The van der Waals surface area contributed by atoms with Crippen molar-refractivity contribution in [2.75, 3.05) is 13.1 Å². The molecular weight excluding hydrogens is 298 g/mol. The van der Waals surface area contributed by atoms with Gasteiger partial charge in [-0.05, 0) is 62.9 Å². The lowest BCUT2D eigenvalue weighted by Gasteiger charge is -2.20. The topological polar surface area (TPSA) is 38.4 Å². The maximum Gasteiger partial charge on any atom is 0.0666 e. The van der Waals surface area contributed by atoms with Crippen molar-refractivity contribution in [3.05, 3.63) is 54.4 Å². The van der Waals surface area contributed by atoms with Gasteiger partial charge in [-0.1, -0.05) is 0 Å². The number of fused-ring (bicyclic) bond motifs is 1. The molecule has 0 bridgehead atoms. The standard InChI is InChI=1S/C19H25N5/c1-22-17(6-8-21-22)15-23-10-2-4-16(7-12-23)14-18-19-5-3-11-24(19)13-9-20-18/h3,5-6,8-9,11,13,16H,2,4,7,10,12,14-15H2,1H3/t16-/m1/s1. The first-order chi connectivity index (χ1) is 11.8. The summed E-state index contributed by atoms with van der Waals surface area (Å²) in [5, 5.41) is 4.28. The van der Waals surface area contributed by atoms with Crippen LogP contribution in [-0.4, -0.2) is 37.2 Å². The average molecular weight is 323 g/mol. The molecule has 4 heterocycles. The second-order valence-electron chi connectivity index (χ2n) is 6.90. The number of hydrogen-bond acceptors (Lipinski definition) is 3. The third kappa shape index (κ3) is 3.22. The van der Waals surface area contributed by atoms with Gasteiger partial charge in [-0.2, -0.15) is 5.10 Å². The molecular formula is C19H25N5. The molecule has 1 aliphatic rings. The Morgan fingerprint density at radius 3 is 2.96 bits per heavy atom. The first kappa shape index (κ1) is 15.4. The monoisotopic (exact) mass is 323 g/mol. The first-order valence-corrected chi connectivity index (χ1v) is 8.89. The van der Waals surface area contributed by atoms with E-state index in [0.717, 1.165) is 18.9 Å². The van der Waals surface area contributed by atoms with Gasteiger partial charge in [0, 0.05) is 38.4 Å².